The maximum atomic E-state index is 11.0. The first-order valence-corrected chi connectivity index (χ1v) is 4.82. The molecule has 2 amide bonds. The van der Waals surface area contributed by atoms with E-state index in [1.165, 1.54) is 0 Å². The highest BCUT2D eigenvalue weighted by Crippen LogP contribution is 2.09. The molecule has 1 aromatic rings. The fraction of sp³-hybridized carbons (Fsp3) is 0.300. The van der Waals surface area contributed by atoms with Crippen LogP contribution in [0.5, 0.6) is 0 Å². The van der Waals surface area contributed by atoms with Crippen molar-refractivity contribution in [3.8, 4) is 0 Å². The molecule has 0 aliphatic carbocycles. The van der Waals surface area contributed by atoms with E-state index in [9.17, 15) is 9.59 Å². The summed E-state index contributed by atoms with van der Waals surface area (Å²) in [6, 6.07) is 3.48. The van der Waals surface area contributed by atoms with Crippen LogP contribution in [0.4, 0.5) is 10.6 Å². The molecule has 1 heterocycles. The molecular weight excluding hydrogens is 210 g/mol. The van der Waals surface area contributed by atoms with Crippen molar-refractivity contribution in [2.45, 2.75) is 13.5 Å². The summed E-state index contributed by atoms with van der Waals surface area (Å²) in [4.78, 5) is 25.3. The fourth-order valence-electron chi connectivity index (χ4n) is 1.12. The van der Waals surface area contributed by atoms with Gasteiger partial charge >= 0.3 is 6.09 Å². The maximum Gasteiger partial charge on any atom is 0.407 e. The Morgan fingerprint density at radius 2 is 2.44 bits per heavy atom. The van der Waals surface area contributed by atoms with Gasteiger partial charge in [0, 0.05) is 18.3 Å². The normalized spacial score (nSPS) is 9.31. The van der Waals surface area contributed by atoms with Gasteiger partial charge in [0.05, 0.1) is 6.61 Å². The van der Waals surface area contributed by atoms with Gasteiger partial charge in [-0.3, -0.25) is 4.79 Å². The predicted molar refractivity (Wildman–Crippen MR) is 57.8 cm³/mol. The van der Waals surface area contributed by atoms with E-state index in [0.29, 0.717) is 24.4 Å². The van der Waals surface area contributed by atoms with Crippen molar-refractivity contribution in [1.29, 1.82) is 0 Å². The lowest BCUT2D eigenvalue weighted by molar-refractivity contribution is -0.105. The van der Waals surface area contributed by atoms with Crippen molar-refractivity contribution in [2.24, 2.45) is 0 Å². The first kappa shape index (κ1) is 12.0. The van der Waals surface area contributed by atoms with E-state index in [1.807, 2.05) is 0 Å². The molecule has 1 rings (SSSR count). The number of rotatable bonds is 5. The third-order valence-electron chi connectivity index (χ3n) is 1.79. The van der Waals surface area contributed by atoms with E-state index < -0.39 is 6.09 Å². The molecular formula is C10H13N3O3. The first-order valence-electron chi connectivity index (χ1n) is 4.82. The minimum atomic E-state index is -0.497. The Kier molecular flexibility index (Phi) is 4.78. The van der Waals surface area contributed by atoms with Gasteiger partial charge in [-0.15, -0.1) is 0 Å². The van der Waals surface area contributed by atoms with Crippen LogP contribution in [0.3, 0.4) is 0 Å². The quantitative estimate of drug-likeness (QED) is 0.726. The van der Waals surface area contributed by atoms with Crippen LogP contribution in [0.2, 0.25) is 0 Å². The Morgan fingerprint density at radius 3 is 3.12 bits per heavy atom. The Bertz CT molecular complexity index is 368. The second-order valence-electron chi connectivity index (χ2n) is 2.85. The standard InChI is InChI=1S/C10H13N3O3/c1-2-16-10(15)12-6-8-4-3-5-11-9(8)13-7-14/h3-5,7H,2,6H2,1H3,(H,12,15)(H,11,13,14). The zero-order chi connectivity index (χ0) is 11.8. The number of pyridine rings is 1. The van der Waals surface area contributed by atoms with Gasteiger partial charge in [0.1, 0.15) is 5.82 Å². The molecule has 0 bridgehead atoms. The minimum Gasteiger partial charge on any atom is -0.450 e. The average Bonchev–Trinajstić information content (AvgIpc) is 2.29. The SMILES string of the molecule is CCOC(=O)NCc1cccnc1NC=O. The Morgan fingerprint density at radius 1 is 1.62 bits per heavy atom. The maximum absolute atomic E-state index is 11.0. The van der Waals surface area contributed by atoms with Crippen LogP contribution in [0.1, 0.15) is 12.5 Å². The average molecular weight is 223 g/mol. The second-order valence-corrected chi connectivity index (χ2v) is 2.85. The Balaban J connectivity index is 2.58. The molecule has 1 aromatic heterocycles. The summed E-state index contributed by atoms with van der Waals surface area (Å²) in [5, 5.41) is 4.99. The summed E-state index contributed by atoms with van der Waals surface area (Å²) in [5.74, 6) is 0.425. The number of hydrogen-bond acceptors (Lipinski definition) is 4. The van der Waals surface area contributed by atoms with Crippen LogP contribution in [-0.4, -0.2) is 24.1 Å². The van der Waals surface area contributed by atoms with Gasteiger partial charge in [-0.1, -0.05) is 6.07 Å². The molecule has 0 spiro atoms. The molecule has 6 heteroatoms. The van der Waals surface area contributed by atoms with Crippen LogP contribution in [0.25, 0.3) is 0 Å². The van der Waals surface area contributed by atoms with Crippen LogP contribution >= 0.6 is 0 Å². The third kappa shape index (κ3) is 3.56. The van der Waals surface area contributed by atoms with Crippen molar-refractivity contribution < 1.29 is 14.3 Å². The molecule has 86 valence electrons. The number of carbonyl (C=O) groups is 2. The molecule has 0 unspecified atom stereocenters. The first-order chi connectivity index (χ1) is 7.77. The molecule has 0 saturated heterocycles. The minimum absolute atomic E-state index is 0.253. The number of carbonyl (C=O) groups excluding carboxylic acids is 2. The molecule has 6 nitrogen and oxygen atoms in total. The highest BCUT2D eigenvalue weighted by Gasteiger charge is 2.04. The van der Waals surface area contributed by atoms with Crippen LogP contribution in [0.15, 0.2) is 18.3 Å². The molecule has 0 radical (unpaired) electrons. The lowest BCUT2D eigenvalue weighted by atomic mass is 10.2. The highest BCUT2D eigenvalue weighted by atomic mass is 16.5. The van der Waals surface area contributed by atoms with Gasteiger partial charge in [0.15, 0.2) is 0 Å². The number of anilines is 1. The van der Waals surface area contributed by atoms with E-state index in [2.05, 4.69) is 15.6 Å². The summed E-state index contributed by atoms with van der Waals surface area (Å²) in [7, 11) is 0. The number of nitrogens with one attached hydrogen (secondary N) is 2. The monoisotopic (exact) mass is 223 g/mol. The fourth-order valence-corrected chi connectivity index (χ4v) is 1.12. The van der Waals surface area contributed by atoms with E-state index in [1.54, 1.807) is 25.3 Å². The lowest BCUT2D eigenvalue weighted by Gasteiger charge is -2.08. The molecule has 0 aromatic carbocycles. The van der Waals surface area contributed by atoms with E-state index in [0.717, 1.165) is 0 Å². The molecule has 2 N–H and O–H groups in total. The highest BCUT2D eigenvalue weighted by molar-refractivity contribution is 5.71. The number of nitrogens with zero attached hydrogens (tertiary/aromatic N) is 1. The van der Waals surface area contributed by atoms with Gasteiger partial charge in [-0.25, -0.2) is 9.78 Å². The number of aromatic nitrogens is 1. The number of ether oxygens (including phenoxy) is 1. The molecule has 0 saturated carbocycles. The number of hydrogen-bond donors (Lipinski definition) is 2. The van der Waals surface area contributed by atoms with Crippen molar-refractivity contribution >= 4 is 18.3 Å². The topological polar surface area (TPSA) is 80.3 Å². The van der Waals surface area contributed by atoms with Gasteiger partial charge < -0.3 is 15.4 Å². The van der Waals surface area contributed by atoms with Gasteiger partial charge in [0.25, 0.3) is 0 Å². The summed E-state index contributed by atoms with van der Waals surface area (Å²) in [6.07, 6.45) is 1.60. The molecule has 0 atom stereocenters. The smallest absolute Gasteiger partial charge is 0.407 e. The molecule has 0 fully saturated rings. The van der Waals surface area contributed by atoms with Gasteiger partial charge in [-0.2, -0.15) is 0 Å². The molecule has 16 heavy (non-hydrogen) atoms. The van der Waals surface area contributed by atoms with Crippen LogP contribution < -0.4 is 10.6 Å². The van der Waals surface area contributed by atoms with E-state index in [-0.39, 0.29) is 6.54 Å². The van der Waals surface area contributed by atoms with Gasteiger partial charge in [0.2, 0.25) is 6.41 Å². The molecule has 0 aliphatic rings. The van der Waals surface area contributed by atoms with E-state index in [4.69, 9.17) is 4.74 Å². The zero-order valence-electron chi connectivity index (χ0n) is 8.90. The second kappa shape index (κ2) is 6.39. The van der Waals surface area contributed by atoms with Crippen molar-refractivity contribution in [2.75, 3.05) is 11.9 Å². The summed E-state index contributed by atoms with van der Waals surface area (Å²) in [5.41, 5.74) is 0.711. The largest absolute Gasteiger partial charge is 0.450 e. The van der Waals surface area contributed by atoms with Crippen molar-refractivity contribution in [1.82, 2.24) is 10.3 Å². The number of amides is 2. The van der Waals surface area contributed by atoms with Crippen LogP contribution in [-0.2, 0) is 16.1 Å². The predicted octanol–water partition coefficient (Wildman–Crippen LogP) is 0.896. The van der Waals surface area contributed by atoms with Crippen LogP contribution in [0, 0.1) is 0 Å². The summed E-state index contributed by atoms with van der Waals surface area (Å²) >= 11 is 0. The summed E-state index contributed by atoms with van der Waals surface area (Å²) < 4.78 is 4.70. The Hall–Kier alpha value is -2.11. The number of alkyl carbamates (subject to hydrolysis) is 1. The Labute approximate surface area is 93.0 Å². The third-order valence-corrected chi connectivity index (χ3v) is 1.79. The van der Waals surface area contributed by atoms with Gasteiger partial charge in [-0.05, 0) is 13.0 Å². The lowest BCUT2D eigenvalue weighted by Crippen LogP contribution is -2.24. The van der Waals surface area contributed by atoms with Crippen molar-refractivity contribution in [3.63, 3.8) is 0 Å². The summed E-state index contributed by atoms with van der Waals surface area (Å²) in [6.45, 7) is 2.30. The molecule has 0 aliphatic heterocycles. The zero-order valence-corrected chi connectivity index (χ0v) is 8.90. The van der Waals surface area contributed by atoms with Crippen molar-refractivity contribution in [3.05, 3.63) is 23.9 Å². The van der Waals surface area contributed by atoms with E-state index >= 15 is 0 Å².